The molecule has 0 saturated carbocycles. The van der Waals surface area contributed by atoms with Gasteiger partial charge in [0.05, 0.1) is 17.1 Å². The molecule has 4 rings (SSSR count). The summed E-state index contributed by atoms with van der Waals surface area (Å²) in [7, 11) is 0. The highest BCUT2D eigenvalue weighted by Gasteiger charge is 2.14. The van der Waals surface area contributed by atoms with Gasteiger partial charge in [0.25, 0.3) is 11.5 Å². The highest BCUT2D eigenvalue weighted by molar-refractivity contribution is 9.10. The molecule has 1 heterocycles. The van der Waals surface area contributed by atoms with Crippen LogP contribution in [0.3, 0.4) is 0 Å². The van der Waals surface area contributed by atoms with Gasteiger partial charge < -0.3 is 10.1 Å². The molecular formula is C26H22BrFN4O3. The van der Waals surface area contributed by atoms with E-state index in [0.29, 0.717) is 33.7 Å². The Labute approximate surface area is 209 Å². The van der Waals surface area contributed by atoms with Crippen molar-refractivity contribution in [3.63, 3.8) is 0 Å². The van der Waals surface area contributed by atoms with Crippen molar-refractivity contribution >= 4 is 44.6 Å². The summed E-state index contributed by atoms with van der Waals surface area (Å²) >= 11 is 3.40. The number of benzene rings is 3. The molecule has 178 valence electrons. The van der Waals surface area contributed by atoms with E-state index in [1.54, 1.807) is 48.7 Å². The second kappa shape index (κ2) is 10.6. The Morgan fingerprint density at radius 1 is 1.17 bits per heavy atom. The quantitative estimate of drug-likeness (QED) is 0.324. The average Bonchev–Trinajstić information content (AvgIpc) is 2.82. The molecule has 0 aliphatic heterocycles. The van der Waals surface area contributed by atoms with Gasteiger partial charge in [0.2, 0.25) is 0 Å². The molecule has 0 aliphatic rings. The highest BCUT2D eigenvalue weighted by atomic mass is 79.9. The van der Waals surface area contributed by atoms with E-state index in [2.05, 4.69) is 31.3 Å². The van der Waals surface area contributed by atoms with Crippen molar-refractivity contribution in [2.24, 2.45) is 5.10 Å². The Kier molecular flexibility index (Phi) is 7.36. The third kappa shape index (κ3) is 5.99. The maximum absolute atomic E-state index is 13.3. The molecule has 3 aromatic carbocycles. The van der Waals surface area contributed by atoms with Gasteiger partial charge in [-0.05, 0) is 54.1 Å². The number of carbonyl (C=O) groups excluding carboxylic acids is 1. The first-order chi connectivity index (χ1) is 16.8. The number of nitrogens with one attached hydrogen (secondary N) is 1. The summed E-state index contributed by atoms with van der Waals surface area (Å²) in [5.74, 6) is 0.0999. The monoisotopic (exact) mass is 536 g/mol. The molecule has 35 heavy (non-hydrogen) atoms. The molecule has 9 heteroatoms. The molecule has 0 fully saturated rings. The number of hydrogen-bond acceptors (Lipinski definition) is 5. The third-order valence-corrected chi connectivity index (χ3v) is 5.50. The smallest absolute Gasteiger partial charge is 0.282 e. The van der Waals surface area contributed by atoms with Gasteiger partial charge >= 0.3 is 0 Å². The average molecular weight is 537 g/mol. The Balaban J connectivity index is 1.52. The van der Waals surface area contributed by atoms with Crippen LogP contribution in [0.4, 0.5) is 10.1 Å². The molecular weight excluding hydrogens is 515 g/mol. The number of amides is 1. The van der Waals surface area contributed by atoms with Gasteiger partial charge in [-0.1, -0.05) is 48.0 Å². The van der Waals surface area contributed by atoms with Crippen LogP contribution >= 0.6 is 15.9 Å². The summed E-state index contributed by atoms with van der Waals surface area (Å²) in [6, 6.07) is 17.9. The molecule has 4 aromatic rings. The first-order valence-electron chi connectivity index (χ1n) is 10.8. The minimum absolute atomic E-state index is 0.0285. The third-order valence-electron chi connectivity index (χ3n) is 5.01. The fraction of sp³-hybridized carbons (Fsp3) is 0.154. The van der Waals surface area contributed by atoms with Crippen molar-refractivity contribution in [1.82, 2.24) is 9.66 Å². The predicted molar refractivity (Wildman–Crippen MR) is 138 cm³/mol. The van der Waals surface area contributed by atoms with Gasteiger partial charge in [-0.15, -0.1) is 0 Å². The lowest BCUT2D eigenvalue weighted by atomic mass is 10.2. The topological polar surface area (TPSA) is 85.6 Å². The largest absolute Gasteiger partial charge is 0.484 e. The zero-order chi connectivity index (χ0) is 24.9. The van der Waals surface area contributed by atoms with E-state index in [0.717, 1.165) is 4.47 Å². The summed E-state index contributed by atoms with van der Waals surface area (Å²) in [4.78, 5) is 29.9. The van der Waals surface area contributed by atoms with Crippen molar-refractivity contribution in [2.45, 2.75) is 19.8 Å². The van der Waals surface area contributed by atoms with Crippen molar-refractivity contribution in [3.05, 3.63) is 98.8 Å². The number of halogens is 2. The van der Waals surface area contributed by atoms with Crippen LogP contribution in [0.5, 0.6) is 5.75 Å². The normalized spacial score (nSPS) is 11.3. The maximum Gasteiger partial charge on any atom is 0.282 e. The Hall–Kier alpha value is -3.85. The Morgan fingerprint density at radius 2 is 1.97 bits per heavy atom. The van der Waals surface area contributed by atoms with Crippen molar-refractivity contribution in [2.75, 3.05) is 11.9 Å². The van der Waals surface area contributed by atoms with Gasteiger partial charge in [0.1, 0.15) is 17.4 Å². The van der Waals surface area contributed by atoms with Crippen molar-refractivity contribution in [1.29, 1.82) is 0 Å². The van der Waals surface area contributed by atoms with E-state index < -0.39 is 11.7 Å². The van der Waals surface area contributed by atoms with E-state index >= 15 is 0 Å². The zero-order valence-corrected chi connectivity index (χ0v) is 20.6. The summed E-state index contributed by atoms with van der Waals surface area (Å²) < 4.78 is 20.9. The number of nitrogens with zero attached hydrogens (tertiary/aromatic N) is 3. The number of carbonyl (C=O) groups is 1. The highest BCUT2D eigenvalue weighted by Crippen LogP contribution is 2.19. The maximum atomic E-state index is 13.3. The van der Waals surface area contributed by atoms with Crippen LogP contribution in [0, 0.1) is 5.82 Å². The fourth-order valence-corrected chi connectivity index (χ4v) is 3.73. The van der Waals surface area contributed by atoms with Gasteiger partial charge in [-0.25, -0.2) is 9.37 Å². The van der Waals surface area contributed by atoms with Crippen molar-refractivity contribution in [3.8, 4) is 5.75 Å². The van der Waals surface area contributed by atoms with E-state index in [1.165, 1.54) is 22.9 Å². The SMILES string of the molecule is CC(C)c1nc2ccc(Br)cc2c(=O)n1N=Cc1cccc(OCC(=O)Nc2cccc(F)c2)c1. The number of fused-ring (bicyclic) bond motifs is 1. The van der Waals surface area contributed by atoms with Gasteiger partial charge in [-0.3, -0.25) is 9.59 Å². The van der Waals surface area contributed by atoms with Crippen LogP contribution in [0.25, 0.3) is 10.9 Å². The first kappa shape index (κ1) is 24.3. The summed E-state index contributed by atoms with van der Waals surface area (Å²) in [6.45, 7) is 3.64. The van der Waals surface area contributed by atoms with Crippen LogP contribution in [0.1, 0.15) is 31.2 Å². The van der Waals surface area contributed by atoms with E-state index in [1.807, 2.05) is 19.9 Å². The number of ether oxygens (including phenoxy) is 1. The molecule has 0 bridgehead atoms. The van der Waals surface area contributed by atoms with Crippen molar-refractivity contribution < 1.29 is 13.9 Å². The Morgan fingerprint density at radius 3 is 2.74 bits per heavy atom. The first-order valence-corrected chi connectivity index (χ1v) is 11.6. The molecule has 0 aliphatic carbocycles. The number of anilines is 1. The van der Waals surface area contributed by atoms with E-state index in [-0.39, 0.29) is 18.1 Å². The fourth-order valence-electron chi connectivity index (χ4n) is 3.37. The lowest BCUT2D eigenvalue weighted by Gasteiger charge is -2.12. The minimum atomic E-state index is -0.440. The van der Waals surface area contributed by atoms with Crippen LogP contribution in [-0.4, -0.2) is 28.4 Å². The van der Waals surface area contributed by atoms with Crippen LogP contribution in [0.15, 0.2) is 81.1 Å². The zero-order valence-electron chi connectivity index (χ0n) is 19.0. The Bertz CT molecular complexity index is 1480. The molecule has 0 saturated heterocycles. The summed E-state index contributed by atoms with van der Waals surface area (Å²) in [6.07, 6.45) is 1.54. The lowest BCUT2D eigenvalue weighted by molar-refractivity contribution is -0.118. The molecule has 1 N–H and O–H groups in total. The molecule has 7 nitrogen and oxygen atoms in total. The molecule has 0 radical (unpaired) electrons. The van der Waals surface area contributed by atoms with E-state index in [9.17, 15) is 14.0 Å². The van der Waals surface area contributed by atoms with Gasteiger partial charge in [0.15, 0.2) is 6.61 Å². The molecule has 1 aromatic heterocycles. The second-order valence-electron chi connectivity index (χ2n) is 8.07. The number of aromatic nitrogens is 2. The molecule has 1 amide bonds. The van der Waals surface area contributed by atoms with Crippen LogP contribution in [0.2, 0.25) is 0 Å². The van der Waals surface area contributed by atoms with Gasteiger partial charge in [0, 0.05) is 16.1 Å². The van der Waals surface area contributed by atoms with Gasteiger partial charge in [-0.2, -0.15) is 9.78 Å². The molecule has 0 atom stereocenters. The number of rotatable bonds is 7. The summed E-state index contributed by atoms with van der Waals surface area (Å²) in [5.41, 5.74) is 1.36. The standard InChI is InChI=1S/C26H22BrFN4O3/c1-16(2)25-31-23-10-9-18(27)12-22(23)26(34)32(25)29-14-17-5-3-8-21(11-17)35-15-24(33)30-20-7-4-6-19(28)13-20/h3-14,16H,15H2,1-2H3,(H,30,33). The second-order valence-corrected chi connectivity index (χ2v) is 8.98. The minimum Gasteiger partial charge on any atom is -0.484 e. The van der Waals surface area contributed by atoms with E-state index in [4.69, 9.17) is 4.74 Å². The molecule has 0 spiro atoms. The molecule has 0 unspecified atom stereocenters. The predicted octanol–water partition coefficient (Wildman–Crippen LogP) is 5.32. The number of hydrogen-bond donors (Lipinski definition) is 1. The summed E-state index contributed by atoms with van der Waals surface area (Å²) in [5, 5.41) is 7.45. The van der Waals surface area contributed by atoms with Crippen LogP contribution in [-0.2, 0) is 4.79 Å². The van der Waals surface area contributed by atoms with Crippen LogP contribution < -0.4 is 15.6 Å². The lowest BCUT2D eigenvalue weighted by Crippen LogP contribution is -2.23.